The van der Waals surface area contributed by atoms with Crippen LogP contribution >= 0.6 is 0 Å². The van der Waals surface area contributed by atoms with Crippen LogP contribution in [0.4, 0.5) is 5.69 Å². The maximum Gasteiger partial charge on any atom is 0.309 e. The molecule has 26 heavy (non-hydrogen) atoms. The summed E-state index contributed by atoms with van der Waals surface area (Å²) in [5, 5.41) is 0. The van der Waals surface area contributed by atoms with E-state index in [2.05, 4.69) is 12.1 Å². The van der Waals surface area contributed by atoms with Crippen molar-refractivity contribution in [1.82, 2.24) is 0 Å². The van der Waals surface area contributed by atoms with E-state index in [4.69, 9.17) is 9.47 Å². The molecule has 1 aromatic rings. The Morgan fingerprint density at radius 1 is 1.04 bits per heavy atom. The molecule has 5 nitrogen and oxygen atoms in total. The third-order valence-corrected chi connectivity index (χ3v) is 4.24. The maximum absolute atomic E-state index is 12.3. The van der Waals surface area contributed by atoms with E-state index in [0.717, 1.165) is 11.3 Å². The van der Waals surface area contributed by atoms with Crippen LogP contribution < -0.4 is 4.90 Å². The minimum Gasteiger partial charge on any atom is -0.462 e. The Labute approximate surface area is 157 Å². The molecular formula is C21H33NO4. The summed E-state index contributed by atoms with van der Waals surface area (Å²) in [5.74, 6) is -1.23. The van der Waals surface area contributed by atoms with Crippen molar-refractivity contribution < 1.29 is 19.1 Å². The summed E-state index contributed by atoms with van der Waals surface area (Å²) in [4.78, 5) is 26.2. The quantitative estimate of drug-likeness (QED) is 0.681. The number of carbonyl (C=O) groups is 2. The normalized spacial score (nSPS) is 14.9. The number of ether oxygens (including phenoxy) is 2. The van der Waals surface area contributed by atoms with Crippen molar-refractivity contribution in [2.45, 2.75) is 65.6 Å². The van der Waals surface area contributed by atoms with Gasteiger partial charge in [-0.15, -0.1) is 0 Å². The minimum absolute atomic E-state index is 0.0226. The highest BCUT2D eigenvalue weighted by Crippen LogP contribution is 2.25. The zero-order chi connectivity index (χ0) is 20.1. The smallest absolute Gasteiger partial charge is 0.309 e. The summed E-state index contributed by atoms with van der Waals surface area (Å²) in [6.07, 6.45) is -0.261. The molecule has 0 aliphatic heterocycles. The van der Waals surface area contributed by atoms with Crippen molar-refractivity contribution in [2.24, 2.45) is 5.92 Å². The molecule has 0 amide bonds. The fourth-order valence-corrected chi connectivity index (χ4v) is 2.46. The molecule has 0 aliphatic carbocycles. The zero-order valence-electron chi connectivity index (χ0n) is 17.3. The molecule has 5 heteroatoms. The van der Waals surface area contributed by atoms with Crippen LogP contribution in [0.15, 0.2) is 24.3 Å². The Kier molecular flexibility index (Phi) is 7.67. The lowest BCUT2D eigenvalue weighted by atomic mass is 9.95. The summed E-state index contributed by atoms with van der Waals surface area (Å²) < 4.78 is 10.8. The van der Waals surface area contributed by atoms with Crippen molar-refractivity contribution in [3.63, 3.8) is 0 Å². The lowest BCUT2D eigenvalue weighted by Gasteiger charge is -2.24. The molecule has 0 unspecified atom stereocenters. The number of carbonyl (C=O) groups excluding carboxylic acids is 2. The fraction of sp³-hybridized carbons (Fsp3) is 0.619. The Balaban J connectivity index is 2.60. The minimum atomic E-state index is -0.554. The van der Waals surface area contributed by atoms with Gasteiger partial charge in [0.15, 0.2) is 0 Å². The van der Waals surface area contributed by atoms with Gasteiger partial charge in [-0.25, -0.2) is 0 Å². The molecule has 0 aromatic heterocycles. The first-order valence-electron chi connectivity index (χ1n) is 9.10. The molecule has 1 rings (SSSR count). The largest absolute Gasteiger partial charge is 0.462 e. The third kappa shape index (κ3) is 7.06. The van der Waals surface area contributed by atoms with Crippen molar-refractivity contribution in [3.8, 4) is 0 Å². The van der Waals surface area contributed by atoms with Crippen molar-refractivity contribution in [3.05, 3.63) is 29.8 Å². The van der Waals surface area contributed by atoms with Crippen LogP contribution in [0.5, 0.6) is 0 Å². The number of benzene rings is 1. The van der Waals surface area contributed by atoms with Crippen LogP contribution in [0.2, 0.25) is 0 Å². The second-order valence-electron chi connectivity index (χ2n) is 8.11. The van der Waals surface area contributed by atoms with Gasteiger partial charge in [0.05, 0.1) is 12.3 Å². The first kappa shape index (κ1) is 22.0. The number of rotatable bonds is 7. The highest BCUT2D eigenvalue weighted by atomic mass is 16.6. The Hall–Kier alpha value is -2.04. The summed E-state index contributed by atoms with van der Waals surface area (Å²) in [6, 6.07) is 8.19. The van der Waals surface area contributed by atoms with Gasteiger partial charge < -0.3 is 14.4 Å². The number of anilines is 1. The van der Waals surface area contributed by atoms with E-state index in [1.807, 2.05) is 45.0 Å². The van der Waals surface area contributed by atoms with Gasteiger partial charge in [0.2, 0.25) is 0 Å². The molecule has 0 radical (unpaired) electrons. The lowest BCUT2D eigenvalue weighted by molar-refractivity contribution is -0.163. The Morgan fingerprint density at radius 3 is 2.04 bits per heavy atom. The van der Waals surface area contributed by atoms with E-state index in [9.17, 15) is 9.59 Å². The van der Waals surface area contributed by atoms with Crippen LogP contribution in [0.1, 0.15) is 59.4 Å². The highest BCUT2D eigenvalue weighted by molar-refractivity contribution is 5.80. The third-order valence-electron chi connectivity index (χ3n) is 4.24. The van der Waals surface area contributed by atoms with Gasteiger partial charge in [-0.1, -0.05) is 26.0 Å². The molecule has 3 atom stereocenters. The van der Waals surface area contributed by atoms with Crippen LogP contribution in [0.25, 0.3) is 0 Å². The van der Waals surface area contributed by atoms with Crippen molar-refractivity contribution >= 4 is 17.6 Å². The van der Waals surface area contributed by atoms with E-state index < -0.39 is 11.5 Å². The predicted octanol–water partition coefficient (Wildman–Crippen LogP) is 4.16. The van der Waals surface area contributed by atoms with Gasteiger partial charge in [0.25, 0.3) is 0 Å². The SMILES string of the molecule is C[C@H](CC(=O)OC(C)(C)C)C(=O)O[C@@H](C)[C@@H](C)c1ccc(N(C)C)cc1. The van der Waals surface area contributed by atoms with Gasteiger partial charge in [0, 0.05) is 25.7 Å². The monoisotopic (exact) mass is 363 g/mol. The second kappa shape index (κ2) is 9.06. The van der Waals surface area contributed by atoms with E-state index in [0.29, 0.717) is 0 Å². The van der Waals surface area contributed by atoms with E-state index in [-0.39, 0.29) is 30.4 Å². The first-order valence-corrected chi connectivity index (χ1v) is 9.10. The summed E-state index contributed by atoms with van der Waals surface area (Å²) >= 11 is 0. The maximum atomic E-state index is 12.3. The van der Waals surface area contributed by atoms with E-state index >= 15 is 0 Å². The van der Waals surface area contributed by atoms with Gasteiger partial charge in [0.1, 0.15) is 11.7 Å². The van der Waals surface area contributed by atoms with Gasteiger partial charge in [-0.3, -0.25) is 9.59 Å². The standard InChI is InChI=1S/C21H33NO4/c1-14(13-19(23)26-21(4,5)6)20(24)25-16(3)15(2)17-9-11-18(12-10-17)22(7)8/h9-12,14-16H,13H2,1-8H3/t14-,15-,16+/m1/s1. The molecule has 0 N–H and O–H groups in total. The van der Waals surface area contributed by atoms with Gasteiger partial charge >= 0.3 is 11.9 Å². The molecule has 0 aliphatic rings. The Morgan fingerprint density at radius 2 is 1.58 bits per heavy atom. The molecule has 1 aromatic carbocycles. The summed E-state index contributed by atoms with van der Waals surface area (Å²) in [7, 11) is 3.99. The highest BCUT2D eigenvalue weighted by Gasteiger charge is 2.26. The second-order valence-corrected chi connectivity index (χ2v) is 8.11. The lowest BCUT2D eigenvalue weighted by Crippen LogP contribution is -2.29. The van der Waals surface area contributed by atoms with Crippen LogP contribution in [0.3, 0.4) is 0 Å². The molecule has 0 heterocycles. The van der Waals surface area contributed by atoms with Gasteiger partial charge in [-0.05, 0) is 45.4 Å². The van der Waals surface area contributed by atoms with Crippen molar-refractivity contribution in [2.75, 3.05) is 19.0 Å². The number of hydrogen-bond donors (Lipinski definition) is 0. The number of hydrogen-bond acceptors (Lipinski definition) is 5. The van der Waals surface area contributed by atoms with Crippen LogP contribution in [0, 0.1) is 5.92 Å². The van der Waals surface area contributed by atoms with Gasteiger partial charge in [-0.2, -0.15) is 0 Å². The molecule has 146 valence electrons. The molecule has 0 bridgehead atoms. The Bertz CT molecular complexity index is 601. The molecule has 0 fully saturated rings. The van der Waals surface area contributed by atoms with Crippen LogP contribution in [-0.4, -0.2) is 37.7 Å². The summed E-state index contributed by atoms with van der Waals surface area (Å²) in [6.45, 7) is 11.0. The van der Waals surface area contributed by atoms with Crippen LogP contribution in [-0.2, 0) is 19.1 Å². The average molecular weight is 363 g/mol. The number of nitrogens with zero attached hydrogens (tertiary/aromatic N) is 1. The first-order chi connectivity index (χ1) is 11.9. The zero-order valence-corrected chi connectivity index (χ0v) is 17.3. The number of esters is 2. The molecular weight excluding hydrogens is 330 g/mol. The van der Waals surface area contributed by atoms with E-state index in [1.54, 1.807) is 27.7 Å². The molecule has 0 saturated heterocycles. The predicted molar refractivity (Wildman–Crippen MR) is 104 cm³/mol. The fourth-order valence-electron chi connectivity index (χ4n) is 2.46. The summed E-state index contributed by atoms with van der Waals surface area (Å²) in [5.41, 5.74) is 1.67. The van der Waals surface area contributed by atoms with E-state index in [1.165, 1.54) is 0 Å². The van der Waals surface area contributed by atoms with Crippen molar-refractivity contribution in [1.29, 1.82) is 0 Å². The average Bonchev–Trinajstić information content (AvgIpc) is 2.52. The molecule has 0 spiro atoms. The molecule has 0 saturated carbocycles. The topological polar surface area (TPSA) is 55.8 Å².